The van der Waals surface area contributed by atoms with Crippen LogP contribution in [0.1, 0.15) is 19.3 Å². The Morgan fingerprint density at radius 3 is 2.71 bits per heavy atom. The zero-order valence-corrected chi connectivity index (χ0v) is 9.23. The number of rotatable bonds is 2. The second-order valence-corrected chi connectivity index (χ2v) is 4.35. The third-order valence-corrected chi connectivity index (χ3v) is 3.61. The van der Waals surface area contributed by atoms with Gasteiger partial charge in [0, 0.05) is 11.3 Å². The average Bonchev–Trinajstić information content (AvgIpc) is 2.63. The number of esters is 1. The first kappa shape index (κ1) is 11.4. The number of amides is 1. The van der Waals surface area contributed by atoms with Gasteiger partial charge in [-0.3, -0.25) is 4.79 Å². The molecule has 0 heterocycles. The quantitative estimate of drug-likeness (QED) is 0.542. The topological polar surface area (TPSA) is 55.4 Å². The van der Waals surface area contributed by atoms with Crippen molar-refractivity contribution in [2.24, 2.45) is 0 Å². The Balaban J connectivity index is 2.43. The number of hydrogen-bond donors (Lipinski definition) is 1. The lowest BCUT2D eigenvalue weighted by molar-refractivity contribution is -0.153. The van der Waals surface area contributed by atoms with E-state index in [1.54, 1.807) is 11.8 Å². The van der Waals surface area contributed by atoms with E-state index >= 15 is 0 Å². The maximum atomic E-state index is 11.2. The molecule has 0 aromatic carbocycles. The van der Waals surface area contributed by atoms with E-state index in [1.807, 2.05) is 6.26 Å². The van der Waals surface area contributed by atoms with Crippen molar-refractivity contribution in [2.75, 3.05) is 13.4 Å². The molecule has 14 heavy (non-hydrogen) atoms. The van der Waals surface area contributed by atoms with Crippen LogP contribution in [0, 0.1) is 0 Å². The summed E-state index contributed by atoms with van der Waals surface area (Å²) in [6.07, 6.45) is 5.19. The monoisotopic (exact) mass is 217 g/mol. The average molecular weight is 217 g/mol. The number of ether oxygens (including phenoxy) is 1. The van der Waals surface area contributed by atoms with Gasteiger partial charge in [0.05, 0.1) is 7.11 Å². The molecule has 0 aromatic rings. The molecular weight excluding hydrogens is 202 g/mol. The Bertz CT molecular complexity index is 232. The number of hydrogen-bond acceptors (Lipinski definition) is 4. The van der Waals surface area contributed by atoms with Crippen LogP contribution < -0.4 is 5.32 Å². The van der Waals surface area contributed by atoms with E-state index in [2.05, 4.69) is 10.1 Å². The molecule has 80 valence electrons. The van der Waals surface area contributed by atoms with E-state index in [-0.39, 0.29) is 6.04 Å². The van der Waals surface area contributed by atoms with Crippen LogP contribution in [0.3, 0.4) is 0 Å². The van der Waals surface area contributed by atoms with Gasteiger partial charge in [0.25, 0.3) is 0 Å². The lowest BCUT2D eigenvalue weighted by Crippen LogP contribution is -2.42. The minimum atomic E-state index is -0.809. The molecule has 0 aliphatic heterocycles. The van der Waals surface area contributed by atoms with Gasteiger partial charge < -0.3 is 10.1 Å². The first-order valence-electron chi connectivity index (χ1n) is 4.60. The fraction of sp³-hybridized carbons (Fsp3) is 0.778. The van der Waals surface area contributed by atoms with Gasteiger partial charge in [0.2, 0.25) is 0 Å². The molecule has 0 bridgehead atoms. The highest BCUT2D eigenvalue weighted by Gasteiger charge is 2.29. The predicted octanol–water partition coefficient (Wildman–Crippen LogP) is 0.560. The summed E-state index contributed by atoms with van der Waals surface area (Å²) >= 11 is 1.73. The van der Waals surface area contributed by atoms with Crippen molar-refractivity contribution in [1.29, 1.82) is 0 Å². The zero-order valence-electron chi connectivity index (χ0n) is 8.41. The fourth-order valence-electron chi connectivity index (χ4n) is 1.69. The van der Waals surface area contributed by atoms with Crippen molar-refractivity contribution < 1.29 is 14.3 Å². The van der Waals surface area contributed by atoms with Crippen LogP contribution >= 0.6 is 11.8 Å². The Labute approximate surface area is 87.8 Å². The molecular formula is C9H15NO3S. The van der Waals surface area contributed by atoms with Crippen LogP contribution in [0.15, 0.2) is 0 Å². The van der Waals surface area contributed by atoms with Crippen LogP contribution in [0.5, 0.6) is 0 Å². The Morgan fingerprint density at radius 1 is 1.43 bits per heavy atom. The maximum absolute atomic E-state index is 11.2. The molecule has 1 fully saturated rings. The van der Waals surface area contributed by atoms with E-state index in [0.29, 0.717) is 5.25 Å². The molecule has 0 radical (unpaired) electrons. The van der Waals surface area contributed by atoms with Gasteiger partial charge in [-0.1, -0.05) is 6.42 Å². The Kier molecular flexibility index (Phi) is 4.25. The number of thioether (sulfide) groups is 1. The fourth-order valence-corrected chi connectivity index (χ4v) is 2.63. The normalized spacial score (nSPS) is 25.9. The molecule has 1 aliphatic rings. The molecule has 0 aromatic heterocycles. The van der Waals surface area contributed by atoms with E-state index in [0.717, 1.165) is 19.3 Å². The molecule has 1 aliphatic carbocycles. The lowest BCUT2D eigenvalue weighted by atomic mass is 10.2. The van der Waals surface area contributed by atoms with E-state index in [4.69, 9.17) is 0 Å². The van der Waals surface area contributed by atoms with E-state index < -0.39 is 11.9 Å². The number of nitrogens with one attached hydrogen (secondary N) is 1. The summed E-state index contributed by atoms with van der Waals surface area (Å²) in [5, 5.41) is 3.13. The first-order chi connectivity index (χ1) is 6.69. The smallest absolute Gasteiger partial charge is 0.396 e. The van der Waals surface area contributed by atoms with Crippen LogP contribution in [0.25, 0.3) is 0 Å². The number of methoxy groups -OCH3 is 1. The van der Waals surface area contributed by atoms with Gasteiger partial charge in [-0.15, -0.1) is 0 Å². The van der Waals surface area contributed by atoms with Gasteiger partial charge in [-0.05, 0) is 19.1 Å². The predicted molar refractivity (Wildman–Crippen MR) is 55.1 cm³/mol. The molecule has 2 unspecified atom stereocenters. The summed E-state index contributed by atoms with van der Waals surface area (Å²) in [7, 11) is 1.21. The van der Waals surface area contributed by atoms with Crippen molar-refractivity contribution in [3.05, 3.63) is 0 Å². The Hall–Kier alpha value is -0.710. The molecule has 4 nitrogen and oxygen atoms in total. The van der Waals surface area contributed by atoms with Gasteiger partial charge in [0.1, 0.15) is 0 Å². The lowest BCUT2D eigenvalue weighted by Gasteiger charge is -2.17. The van der Waals surface area contributed by atoms with Gasteiger partial charge in [0.15, 0.2) is 0 Å². The third-order valence-electron chi connectivity index (χ3n) is 2.44. The second-order valence-electron chi connectivity index (χ2n) is 3.28. The zero-order chi connectivity index (χ0) is 10.6. The van der Waals surface area contributed by atoms with Gasteiger partial charge in [-0.2, -0.15) is 11.8 Å². The summed E-state index contributed by atoms with van der Waals surface area (Å²) in [5.41, 5.74) is 0. The van der Waals surface area contributed by atoms with Crippen molar-refractivity contribution in [3.8, 4) is 0 Å². The van der Waals surface area contributed by atoms with Crippen LogP contribution in [-0.4, -0.2) is 36.5 Å². The first-order valence-corrected chi connectivity index (χ1v) is 5.89. The third kappa shape index (κ3) is 2.64. The SMILES string of the molecule is COC(=O)C(=O)NC1CCCC1SC. The van der Waals surface area contributed by atoms with Gasteiger partial charge >= 0.3 is 11.9 Å². The summed E-state index contributed by atoms with van der Waals surface area (Å²) < 4.78 is 4.33. The number of carbonyl (C=O) groups excluding carboxylic acids is 2. The molecule has 1 amide bonds. The highest BCUT2D eigenvalue weighted by molar-refractivity contribution is 7.99. The van der Waals surface area contributed by atoms with Gasteiger partial charge in [-0.25, -0.2) is 4.79 Å². The minimum Gasteiger partial charge on any atom is -0.462 e. The summed E-state index contributed by atoms with van der Waals surface area (Å²) in [6.45, 7) is 0. The highest BCUT2D eigenvalue weighted by atomic mass is 32.2. The van der Waals surface area contributed by atoms with Crippen molar-refractivity contribution in [2.45, 2.75) is 30.6 Å². The van der Waals surface area contributed by atoms with E-state index in [1.165, 1.54) is 7.11 Å². The molecule has 2 atom stereocenters. The molecule has 0 spiro atoms. The van der Waals surface area contributed by atoms with Crippen LogP contribution in [0.2, 0.25) is 0 Å². The second kappa shape index (κ2) is 5.24. The maximum Gasteiger partial charge on any atom is 0.396 e. The van der Waals surface area contributed by atoms with Crippen LogP contribution in [-0.2, 0) is 14.3 Å². The Morgan fingerprint density at radius 2 is 2.14 bits per heavy atom. The standard InChI is InChI=1S/C9H15NO3S/c1-13-9(12)8(11)10-6-4-3-5-7(6)14-2/h6-7H,3-5H2,1-2H3,(H,10,11). The minimum absolute atomic E-state index is 0.122. The van der Waals surface area contributed by atoms with Crippen molar-refractivity contribution >= 4 is 23.6 Å². The summed E-state index contributed by atoms with van der Waals surface area (Å²) in [5.74, 6) is -1.43. The summed E-state index contributed by atoms with van der Waals surface area (Å²) in [4.78, 5) is 22.1. The molecule has 1 saturated carbocycles. The molecule has 0 saturated heterocycles. The summed E-state index contributed by atoms with van der Waals surface area (Å²) in [6, 6.07) is 0.122. The molecule has 1 N–H and O–H groups in total. The van der Waals surface area contributed by atoms with Crippen LogP contribution in [0.4, 0.5) is 0 Å². The highest BCUT2D eigenvalue weighted by Crippen LogP contribution is 2.28. The molecule has 1 rings (SSSR count). The van der Waals surface area contributed by atoms with Crippen molar-refractivity contribution in [3.63, 3.8) is 0 Å². The molecule has 5 heteroatoms. The number of carbonyl (C=O) groups is 2. The largest absolute Gasteiger partial charge is 0.462 e. The van der Waals surface area contributed by atoms with Crippen molar-refractivity contribution in [1.82, 2.24) is 5.32 Å². The van der Waals surface area contributed by atoms with E-state index in [9.17, 15) is 9.59 Å².